The summed E-state index contributed by atoms with van der Waals surface area (Å²) in [4.78, 5) is 2.68. The minimum atomic E-state index is 0.378. The zero-order valence-electron chi connectivity index (χ0n) is 50.2. The summed E-state index contributed by atoms with van der Waals surface area (Å²) in [6, 6.07) is 13.4. The zero-order chi connectivity index (χ0) is 54.8. The Kier molecular flexibility index (Phi) is 32.6. The Balaban J connectivity index is 1.41. The normalized spacial score (nSPS) is 16.7. The molecule has 0 amide bonds. The first-order valence-electron chi connectivity index (χ1n) is 28.9. The number of rotatable bonds is 36. The molecule has 1 fully saturated rings. The molecule has 416 valence electrons. The summed E-state index contributed by atoms with van der Waals surface area (Å²) in [6.45, 7) is 25.3. The summed E-state index contributed by atoms with van der Waals surface area (Å²) in [5, 5.41) is 3.96. The van der Waals surface area contributed by atoms with Crippen LogP contribution >= 0.6 is 0 Å². The summed E-state index contributed by atoms with van der Waals surface area (Å²) in [5.74, 6) is 3.07. The number of nitrogens with one attached hydrogen (secondary N) is 1. The van der Waals surface area contributed by atoms with Gasteiger partial charge in [-0.25, -0.2) is 0 Å². The van der Waals surface area contributed by atoms with Gasteiger partial charge in [-0.1, -0.05) is 130 Å². The van der Waals surface area contributed by atoms with Crippen molar-refractivity contribution in [1.82, 2.24) is 10.2 Å². The van der Waals surface area contributed by atoms with Crippen molar-refractivity contribution >= 4 is 0 Å². The molecule has 2 atom stereocenters. The molecule has 0 saturated heterocycles. The van der Waals surface area contributed by atoms with Crippen molar-refractivity contribution in [2.75, 3.05) is 35.0 Å². The predicted octanol–water partition coefficient (Wildman–Crippen LogP) is 19.4. The van der Waals surface area contributed by atoms with Gasteiger partial charge in [-0.05, 0) is 220 Å². The lowest BCUT2D eigenvalue weighted by Gasteiger charge is -2.40. The van der Waals surface area contributed by atoms with Gasteiger partial charge < -0.3 is 24.3 Å². The molecule has 0 unspecified atom stereocenters. The van der Waals surface area contributed by atoms with Gasteiger partial charge in [-0.2, -0.15) is 0 Å². The van der Waals surface area contributed by atoms with Crippen molar-refractivity contribution in [2.45, 2.75) is 223 Å². The molecular weight excluding hydrogens is 921 g/mol. The molecule has 6 nitrogen and oxygen atoms in total. The van der Waals surface area contributed by atoms with Gasteiger partial charge >= 0.3 is 0 Å². The first-order chi connectivity index (χ1) is 36.1. The van der Waals surface area contributed by atoms with Crippen LogP contribution < -0.4 is 24.3 Å². The third-order valence-corrected chi connectivity index (χ3v) is 15.0. The van der Waals surface area contributed by atoms with Crippen molar-refractivity contribution < 1.29 is 18.9 Å². The van der Waals surface area contributed by atoms with Crippen LogP contribution in [0.4, 0.5) is 0 Å². The van der Waals surface area contributed by atoms with Gasteiger partial charge in [0.25, 0.3) is 0 Å². The van der Waals surface area contributed by atoms with Crippen molar-refractivity contribution in [1.29, 1.82) is 0 Å². The number of hydrogen-bond donors (Lipinski definition) is 1. The van der Waals surface area contributed by atoms with Crippen LogP contribution in [0, 0.1) is 0 Å². The number of nitrogens with zero attached hydrogens (tertiary/aromatic N) is 1. The zero-order valence-corrected chi connectivity index (χ0v) is 50.2. The Labute approximate surface area is 460 Å². The average Bonchev–Trinajstić information content (AvgIpc) is 3.39. The Bertz CT molecular complexity index is 2260. The fraction of sp³-hybridized carbons (Fsp3) is 0.565. The molecule has 1 saturated carbocycles. The fourth-order valence-corrected chi connectivity index (χ4v) is 10.1. The van der Waals surface area contributed by atoms with E-state index in [0.29, 0.717) is 12.1 Å². The molecule has 0 radical (unpaired) electrons. The summed E-state index contributed by atoms with van der Waals surface area (Å²) >= 11 is 0. The number of hydrogen-bond acceptors (Lipinski definition) is 6. The molecule has 2 aromatic rings. The summed E-state index contributed by atoms with van der Waals surface area (Å²) in [5.41, 5.74) is 15.9. The van der Waals surface area contributed by atoms with Gasteiger partial charge in [0.2, 0.25) is 0 Å². The quantitative estimate of drug-likeness (QED) is 0.0687. The lowest BCUT2D eigenvalue weighted by atomic mass is 9.88. The highest BCUT2D eigenvalue weighted by molar-refractivity contribution is 5.44. The van der Waals surface area contributed by atoms with E-state index in [2.05, 4.69) is 158 Å². The Morgan fingerprint density at radius 1 is 0.427 bits per heavy atom. The highest BCUT2D eigenvalue weighted by atomic mass is 16.5. The third kappa shape index (κ3) is 27.7. The van der Waals surface area contributed by atoms with E-state index < -0.39 is 0 Å². The largest absolute Gasteiger partial charge is 0.493 e. The summed E-state index contributed by atoms with van der Waals surface area (Å²) in [6.07, 6.45) is 45.1. The molecule has 0 spiro atoms. The predicted molar refractivity (Wildman–Crippen MR) is 326 cm³/mol. The lowest BCUT2D eigenvalue weighted by molar-refractivity contribution is 0.126. The molecule has 1 aliphatic rings. The molecule has 0 aliphatic heterocycles. The van der Waals surface area contributed by atoms with Crippen molar-refractivity contribution in [3.63, 3.8) is 0 Å². The SMILES string of the molecule is COc1ccc(CN[C@H]2CCCC[C@@H]2N(C/C=C(\C)CC/C=C(\C)CC/C=C(\C)CC/C=C(\C)CC/C=C(\C)CC/C=C(\C)CC/C=C(\C)CC/C=C(\C)CCC=C(C)C)Cc2ccc(OC)c(OC)c2)cc1OC. The second-order valence-corrected chi connectivity index (χ2v) is 22.1. The monoisotopic (exact) mass is 1030 g/mol. The lowest BCUT2D eigenvalue weighted by Crippen LogP contribution is -2.51. The minimum Gasteiger partial charge on any atom is -0.493 e. The van der Waals surface area contributed by atoms with Crippen molar-refractivity contribution in [3.05, 3.63) is 152 Å². The van der Waals surface area contributed by atoms with Crippen LogP contribution in [0.3, 0.4) is 0 Å². The molecule has 0 bridgehead atoms. The molecule has 2 aromatic carbocycles. The van der Waals surface area contributed by atoms with E-state index >= 15 is 0 Å². The van der Waals surface area contributed by atoms with Crippen LogP contribution in [0.1, 0.15) is 209 Å². The van der Waals surface area contributed by atoms with E-state index in [0.717, 1.165) is 133 Å². The topological polar surface area (TPSA) is 52.2 Å². The van der Waals surface area contributed by atoms with E-state index in [-0.39, 0.29) is 0 Å². The van der Waals surface area contributed by atoms with Crippen LogP contribution in [0.2, 0.25) is 0 Å². The molecule has 1 N–H and O–H groups in total. The summed E-state index contributed by atoms with van der Waals surface area (Å²) in [7, 11) is 6.80. The average molecular weight is 1030 g/mol. The Hall–Kier alpha value is -4.78. The molecule has 0 aromatic heterocycles. The Morgan fingerprint density at radius 3 is 1.13 bits per heavy atom. The van der Waals surface area contributed by atoms with E-state index in [1.165, 1.54) is 99.8 Å². The van der Waals surface area contributed by atoms with Crippen LogP contribution in [0.15, 0.2) is 141 Å². The van der Waals surface area contributed by atoms with Gasteiger partial charge in [-0.3, -0.25) is 4.90 Å². The van der Waals surface area contributed by atoms with Gasteiger partial charge in [0.15, 0.2) is 23.0 Å². The van der Waals surface area contributed by atoms with Crippen LogP contribution in [-0.4, -0.2) is 52.0 Å². The van der Waals surface area contributed by atoms with Gasteiger partial charge in [0, 0.05) is 31.7 Å². The maximum atomic E-state index is 5.72. The molecule has 75 heavy (non-hydrogen) atoms. The van der Waals surface area contributed by atoms with Gasteiger partial charge in [0.05, 0.1) is 28.4 Å². The second kappa shape index (κ2) is 37.9. The Morgan fingerprint density at radius 2 is 0.760 bits per heavy atom. The number of ether oxygens (including phenoxy) is 4. The molecular formula is C69H106N2O4. The molecule has 6 heteroatoms. The molecule has 0 heterocycles. The van der Waals surface area contributed by atoms with Gasteiger partial charge in [-0.15, -0.1) is 0 Å². The van der Waals surface area contributed by atoms with Crippen molar-refractivity contribution in [2.24, 2.45) is 0 Å². The van der Waals surface area contributed by atoms with Crippen LogP contribution in [0.5, 0.6) is 23.0 Å². The highest BCUT2D eigenvalue weighted by Gasteiger charge is 2.30. The molecule has 1 aliphatic carbocycles. The molecule has 3 rings (SSSR count). The van der Waals surface area contributed by atoms with E-state index in [9.17, 15) is 0 Å². The van der Waals surface area contributed by atoms with E-state index in [1.807, 2.05) is 12.1 Å². The number of benzene rings is 2. The summed E-state index contributed by atoms with van der Waals surface area (Å²) < 4.78 is 22.4. The minimum absolute atomic E-state index is 0.378. The second-order valence-electron chi connectivity index (χ2n) is 22.1. The van der Waals surface area contributed by atoms with E-state index in [1.54, 1.807) is 28.4 Å². The van der Waals surface area contributed by atoms with Crippen LogP contribution in [-0.2, 0) is 13.1 Å². The number of allylic oxidation sites excluding steroid dienone is 17. The number of methoxy groups -OCH3 is 4. The van der Waals surface area contributed by atoms with Gasteiger partial charge in [0.1, 0.15) is 0 Å². The maximum absolute atomic E-state index is 5.72. The van der Waals surface area contributed by atoms with Crippen LogP contribution in [0.25, 0.3) is 0 Å². The highest BCUT2D eigenvalue weighted by Crippen LogP contribution is 2.32. The first kappa shape index (κ1) is 64.5. The third-order valence-electron chi connectivity index (χ3n) is 15.0. The smallest absolute Gasteiger partial charge is 0.161 e. The van der Waals surface area contributed by atoms with E-state index in [4.69, 9.17) is 18.9 Å². The standard InChI is InChI=1S/C69H106N2O4/c1-53(2)25-17-26-54(3)27-18-28-55(4)29-19-30-56(5)31-20-32-57(6)33-21-34-58(7)35-22-36-59(8)37-23-38-60(9)39-24-40-61(10)47-48-71(52-63-44-46-67(73-12)69(50-63)75-14)65-42-16-15-41-64(65)70-51-62-43-45-66(72-11)68(49-62)74-13/h25,27,29,31,33,35,37,39,43-47,49-50,64-65,70H,15-24,26,28,30,32,34,36,38,40-42,48,51-52H2,1-14H3/b54-27+,55-29+,56-31+,57-33+,58-35+,59-37+,60-39+,61-47+/t64-,65-/m0/s1. The van der Waals surface area contributed by atoms with Crippen molar-refractivity contribution in [3.8, 4) is 23.0 Å². The maximum Gasteiger partial charge on any atom is 0.161 e. The first-order valence-corrected chi connectivity index (χ1v) is 28.9. The fourth-order valence-electron chi connectivity index (χ4n) is 10.1.